The highest BCUT2D eigenvalue weighted by Gasteiger charge is 2.39. The van der Waals surface area contributed by atoms with Crippen LogP contribution in [0.5, 0.6) is 0 Å². The molecule has 4 heteroatoms. The molecule has 1 rings (SSSR count). The number of ether oxygens (including phenoxy) is 1. The van der Waals surface area contributed by atoms with Gasteiger partial charge >= 0.3 is 11.9 Å². The van der Waals surface area contributed by atoms with Crippen molar-refractivity contribution in [3.05, 3.63) is 0 Å². The largest absolute Gasteiger partial charge is 0.481 e. The van der Waals surface area contributed by atoms with Crippen molar-refractivity contribution in [2.24, 2.45) is 5.92 Å². The van der Waals surface area contributed by atoms with E-state index in [1.54, 1.807) is 0 Å². The minimum Gasteiger partial charge on any atom is -0.481 e. The number of unbranched alkanes of at least 4 members (excludes halogenated alkanes) is 2. The zero-order valence-electron chi connectivity index (χ0n) is 8.36. The smallest absolute Gasteiger partial charge is 0.310 e. The molecule has 0 unspecified atom stereocenters. The van der Waals surface area contributed by atoms with E-state index < -0.39 is 18.0 Å². The Morgan fingerprint density at radius 3 is 2.86 bits per heavy atom. The number of cyclic esters (lactones) is 1. The predicted molar refractivity (Wildman–Crippen MR) is 49.8 cm³/mol. The summed E-state index contributed by atoms with van der Waals surface area (Å²) < 4.78 is 4.96. The molecular weight excluding hydrogens is 184 g/mol. The molecule has 0 aliphatic carbocycles. The molecule has 2 atom stereocenters. The standard InChI is InChI=1S/C10H16O4/c1-2-3-4-5-8-7(10(12)13)6-9(11)14-8/h7-8H,2-6H2,1H3,(H,12,13)/t7-,8-/m1/s1. The number of esters is 1. The van der Waals surface area contributed by atoms with Crippen molar-refractivity contribution >= 4 is 11.9 Å². The summed E-state index contributed by atoms with van der Waals surface area (Å²) in [6, 6.07) is 0. The Morgan fingerprint density at radius 1 is 1.57 bits per heavy atom. The third-order valence-electron chi connectivity index (χ3n) is 2.53. The Balaban J connectivity index is 2.41. The quantitative estimate of drug-likeness (QED) is 0.540. The molecule has 0 spiro atoms. The van der Waals surface area contributed by atoms with Gasteiger partial charge in [0.15, 0.2) is 0 Å². The summed E-state index contributed by atoms with van der Waals surface area (Å²) >= 11 is 0. The fraction of sp³-hybridized carbons (Fsp3) is 0.800. The van der Waals surface area contributed by atoms with E-state index in [4.69, 9.17) is 9.84 Å². The van der Waals surface area contributed by atoms with Gasteiger partial charge in [0, 0.05) is 0 Å². The summed E-state index contributed by atoms with van der Waals surface area (Å²) in [6.07, 6.45) is 3.38. The van der Waals surface area contributed by atoms with Crippen molar-refractivity contribution in [3.8, 4) is 0 Å². The van der Waals surface area contributed by atoms with Crippen LogP contribution in [0.25, 0.3) is 0 Å². The lowest BCUT2D eigenvalue weighted by molar-refractivity contribution is -0.144. The summed E-state index contributed by atoms with van der Waals surface area (Å²) in [5.74, 6) is -1.92. The Morgan fingerprint density at radius 2 is 2.29 bits per heavy atom. The lowest BCUT2D eigenvalue weighted by Crippen LogP contribution is -2.23. The molecule has 1 saturated heterocycles. The van der Waals surface area contributed by atoms with Crippen LogP contribution >= 0.6 is 0 Å². The molecule has 80 valence electrons. The molecule has 1 heterocycles. The van der Waals surface area contributed by atoms with Gasteiger partial charge in [-0.25, -0.2) is 0 Å². The van der Waals surface area contributed by atoms with Gasteiger partial charge in [-0.1, -0.05) is 19.8 Å². The third-order valence-corrected chi connectivity index (χ3v) is 2.53. The first-order valence-corrected chi connectivity index (χ1v) is 5.07. The number of carboxylic acid groups (broad SMARTS) is 1. The highest BCUT2D eigenvalue weighted by atomic mass is 16.6. The molecule has 0 saturated carbocycles. The molecule has 0 amide bonds. The third kappa shape index (κ3) is 2.72. The zero-order valence-corrected chi connectivity index (χ0v) is 8.36. The highest BCUT2D eigenvalue weighted by Crippen LogP contribution is 2.26. The normalized spacial score (nSPS) is 26.2. The Kier molecular flexibility index (Phi) is 3.92. The summed E-state index contributed by atoms with van der Waals surface area (Å²) in [5.41, 5.74) is 0. The van der Waals surface area contributed by atoms with E-state index in [1.165, 1.54) is 0 Å². The summed E-state index contributed by atoms with van der Waals surface area (Å²) in [6.45, 7) is 2.08. The Hall–Kier alpha value is -1.06. The van der Waals surface area contributed by atoms with Crippen LogP contribution in [0.4, 0.5) is 0 Å². The second kappa shape index (κ2) is 4.98. The van der Waals surface area contributed by atoms with E-state index >= 15 is 0 Å². The van der Waals surface area contributed by atoms with E-state index in [-0.39, 0.29) is 12.4 Å². The van der Waals surface area contributed by atoms with Gasteiger partial charge in [0.2, 0.25) is 0 Å². The monoisotopic (exact) mass is 200 g/mol. The van der Waals surface area contributed by atoms with Crippen LogP contribution in [0.2, 0.25) is 0 Å². The lowest BCUT2D eigenvalue weighted by Gasteiger charge is -2.13. The van der Waals surface area contributed by atoms with Gasteiger partial charge in [0.05, 0.1) is 6.42 Å². The first kappa shape index (κ1) is 11.0. The lowest BCUT2D eigenvalue weighted by atomic mass is 9.97. The predicted octanol–water partition coefficient (Wildman–Crippen LogP) is 1.58. The Bertz CT molecular complexity index is 224. The van der Waals surface area contributed by atoms with Gasteiger partial charge in [-0.05, 0) is 12.8 Å². The topological polar surface area (TPSA) is 63.6 Å². The van der Waals surface area contributed by atoms with Gasteiger partial charge in [-0.3, -0.25) is 9.59 Å². The number of aliphatic carboxylic acids is 1. The summed E-state index contributed by atoms with van der Waals surface area (Å²) in [7, 11) is 0. The maximum absolute atomic E-state index is 10.9. The average molecular weight is 200 g/mol. The van der Waals surface area contributed by atoms with Crippen molar-refractivity contribution in [1.82, 2.24) is 0 Å². The molecule has 0 bridgehead atoms. The number of carbonyl (C=O) groups excluding carboxylic acids is 1. The average Bonchev–Trinajstić information content (AvgIpc) is 2.47. The minimum absolute atomic E-state index is 0.0339. The highest BCUT2D eigenvalue weighted by molar-refractivity contribution is 5.82. The second-order valence-electron chi connectivity index (χ2n) is 3.67. The van der Waals surface area contributed by atoms with Gasteiger partial charge in [0.1, 0.15) is 12.0 Å². The van der Waals surface area contributed by atoms with Crippen LogP contribution in [-0.2, 0) is 14.3 Å². The molecule has 4 nitrogen and oxygen atoms in total. The maximum atomic E-state index is 10.9. The van der Waals surface area contributed by atoms with Gasteiger partial charge in [-0.2, -0.15) is 0 Å². The number of hydrogen-bond acceptors (Lipinski definition) is 3. The Labute approximate surface area is 83.2 Å². The summed E-state index contributed by atoms with van der Waals surface area (Å²) in [5, 5.41) is 8.83. The van der Waals surface area contributed by atoms with E-state index in [0.29, 0.717) is 6.42 Å². The molecule has 1 aliphatic rings. The van der Waals surface area contributed by atoms with Gasteiger partial charge in [0.25, 0.3) is 0 Å². The zero-order chi connectivity index (χ0) is 10.6. The second-order valence-corrected chi connectivity index (χ2v) is 3.67. The molecule has 1 N–H and O–H groups in total. The van der Waals surface area contributed by atoms with Crippen LogP contribution < -0.4 is 0 Å². The number of rotatable bonds is 5. The van der Waals surface area contributed by atoms with Crippen LogP contribution in [0.3, 0.4) is 0 Å². The minimum atomic E-state index is -0.919. The van der Waals surface area contributed by atoms with Crippen LogP contribution in [0, 0.1) is 5.92 Å². The molecular formula is C10H16O4. The fourth-order valence-corrected chi connectivity index (χ4v) is 1.71. The van der Waals surface area contributed by atoms with E-state index in [2.05, 4.69) is 6.92 Å². The van der Waals surface area contributed by atoms with E-state index in [1.807, 2.05) is 0 Å². The first-order valence-electron chi connectivity index (χ1n) is 5.07. The molecule has 14 heavy (non-hydrogen) atoms. The molecule has 0 radical (unpaired) electrons. The number of carbonyl (C=O) groups is 2. The molecule has 1 fully saturated rings. The van der Waals surface area contributed by atoms with Crippen molar-refractivity contribution in [2.45, 2.75) is 45.1 Å². The van der Waals surface area contributed by atoms with Gasteiger partial charge in [-0.15, -0.1) is 0 Å². The van der Waals surface area contributed by atoms with E-state index in [9.17, 15) is 9.59 Å². The van der Waals surface area contributed by atoms with Crippen molar-refractivity contribution in [1.29, 1.82) is 0 Å². The molecule has 1 aliphatic heterocycles. The molecule has 0 aromatic rings. The fourth-order valence-electron chi connectivity index (χ4n) is 1.71. The van der Waals surface area contributed by atoms with Crippen LogP contribution in [-0.4, -0.2) is 23.1 Å². The van der Waals surface area contributed by atoms with Crippen molar-refractivity contribution in [3.63, 3.8) is 0 Å². The van der Waals surface area contributed by atoms with Crippen molar-refractivity contribution < 1.29 is 19.4 Å². The van der Waals surface area contributed by atoms with E-state index in [0.717, 1.165) is 19.3 Å². The number of hydrogen-bond donors (Lipinski definition) is 1. The number of carboxylic acids is 1. The molecule has 0 aromatic heterocycles. The van der Waals surface area contributed by atoms with Gasteiger partial charge < -0.3 is 9.84 Å². The molecule has 0 aromatic carbocycles. The van der Waals surface area contributed by atoms with Crippen LogP contribution in [0.1, 0.15) is 39.0 Å². The first-order chi connectivity index (χ1) is 6.65. The van der Waals surface area contributed by atoms with Crippen LogP contribution in [0.15, 0.2) is 0 Å². The maximum Gasteiger partial charge on any atom is 0.310 e. The van der Waals surface area contributed by atoms with Crippen molar-refractivity contribution in [2.75, 3.05) is 0 Å². The SMILES string of the molecule is CCCCC[C@H]1OC(=O)C[C@H]1C(=O)O. The summed E-state index contributed by atoms with van der Waals surface area (Å²) in [4.78, 5) is 21.7.